The zero-order valence-electron chi connectivity index (χ0n) is 17.6. The molecule has 5 nitrogen and oxygen atoms in total. The van der Waals surface area contributed by atoms with Crippen LogP contribution in [0.3, 0.4) is 0 Å². The second kappa shape index (κ2) is 11.7. The van der Waals surface area contributed by atoms with Gasteiger partial charge < -0.3 is 14.2 Å². The van der Waals surface area contributed by atoms with Crippen LogP contribution in [-0.4, -0.2) is 29.6 Å². The molecule has 1 aromatic heterocycles. The summed E-state index contributed by atoms with van der Waals surface area (Å²) in [7, 11) is 1.91. The molecule has 0 saturated carbocycles. The van der Waals surface area contributed by atoms with E-state index >= 15 is 0 Å². The van der Waals surface area contributed by atoms with Gasteiger partial charge in [0, 0.05) is 36.7 Å². The minimum absolute atomic E-state index is 0.126. The van der Waals surface area contributed by atoms with Gasteiger partial charge in [-0.25, -0.2) is 0 Å². The van der Waals surface area contributed by atoms with Gasteiger partial charge in [-0.3, -0.25) is 4.68 Å². The predicted octanol–water partition coefficient (Wildman–Crippen LogP) is 7.25. The normalized spacial score (nSPS) is 10.7. The Labute approximate surface area is 207 Å². The van der Waals surface area contributed by atoms with Gasteiger partial charge in [-0.05, 0) is 13.0 Å². The molecule has 3 aromatic rings. The predicted molar refractivity (Wildman–Crippen MR) is 131 cm³/mol. The van der Waals surface area contributed by atoms with Crippen molar-refractivity contribution in [2.75, 3.05) is 19.8 Å². The summed E-state index contributed by atoms with van der Waals surface area (Å²) in [6.07, 6.45) is 2.14. The topological polar surface area (TPSA) is 45.5 Å². The van der Waals surface area contributed by atoms with Crippen molar-refractivity contribution >= 4 is 46.4 Å². The van der Waals surface area contributed by atoms with E-state index in [-0.39, 0.29) is 11.1 Å². The fraction of sp³-hybridized carbons (Fsp3) is 0.261. The van der Waals surface area contributed by atoms with Crippen LogP contribution in [0.4, 0.5) is 0 Å². The first-order chi connectivity index (χ1) is 15.4. The maximum absolute atomic E-state index is 6.28. The molecule has 0 aliphatic carbocycles. The van der Waals surface area contributed by atoms with Crippen LogP contribution in [0.1, 0.15) is 12.0 Å². The Morgan fingerprint density at radius 2 is 1.66 bits per heavy atom. The molecular weight excluding hydrogens is 494 g/mol. The van der Waals surface area contributed by atoms with Crippen molar-refractivity contribution < 1.29 is 14.2 Å². The Morgan fingerprint density at radius 3 is 2.31 bits per heavy atom. The summed E-state index contributed by atoms with van der Waals surface area (Å²) in [4.78, 5) is 0. The third-order valence-corrected chi connectivity index (χ3v) is 5.39. The van der Waals surface area contributed by atoms with Crippen molar-refractivity contribution in [2.24, 2.45) is 7.05 Å². The third-order valence-electron chi connectivity index (χ3n) is 4.52. The molecule has 0 radical (unpaired) electrons. The first kappa shape index (κ1) is 24.6. The molecule has 0 bridgehead atoms. The highest BCUT2D eigenvalue weighted by molar-refractivity contribution is 6.55. The first-order valence-electron chi connectivity index (χ1n) is 9.84. The highest BCUT2D eigenvalue weighted by Crippen LogP contribution is 2.37. The smallest absolute Gasteiger partial charge is 0.236 e. The average molecular weight is 516 g/mol. The molecule has 0 unspecified atom stereocenters. The molecule has 2 aromatic carbocycles. The van der Waals surface area contributed by atoms with E-state index in [0.717, 1.165) is 16.8 Å². The first-order valence-corrected chi connectivity index (χ1v) is 11.4. The lowest BCUT2D eigenvalue weighted by Gasteiger charge is -2.12. The van der Waals surface area contributed by atoms with Gasteiger partial charge in [0.2, 0.25) is 5.88 Å². The summed E-state index contributed by atoms with van der Waals surface area (Å²) in [6.45, 7) is 3.02. The van der Waals surface area contributed by atoms with E-state index < -0.39 is 0 Å². The van der Waals surface area contributed by atoms with Gasteiger partial charge >= 0.3 is 0 Å². The van der Waals surface area contributed by atoms with Crippen molar-refractivity contribution in [2.45, 2.75) is 13.3 Å². The number of hydrogen-bond donors (Lipinski definition) is 0. The number of benzene rings is 2. The average Bonchev–Trinajstić information content (AvgIpc) is 3.03. The van der Waals surface area contributed by atoms with Gasteiger partial charge in [0.05, 0.1) is 29.0 Å². The van der Waals surface area contributed by atoms with Crippen LogP contribution in [0.2, 0.25) is 10.0 Å². The van der Waals surface area contributed by atoms with Crippen LogP contribution in [0, 0.1) is 6.92 Å². The molecule has 0 aliphatic rings. The van der Waals surface area contributed by atoms with E-state index in [1.54, 1.807) is 12.1 Å². The number of nitrogens with zero attached hydrogens (tertiary/aromatic N) is 2. The minimum Gasteiger partial charge on any atom is -0.490 e. The third kappa shape index (κ3) is 6.48. The number of aromatic nitrogens is 2. The molecule has 0 saturated heterocycles. The van der Waals surface area contributed by atoms with E-state index in [4.69, 9.17) is 60.6 Å². The van der Waals surface area contributed by atoms with Crippen LogP contribution >= 0.6 is 46.4 Å². The Hall–Kier alpha value is -2.05. The Bertz CT molecular complexity index is 1060. The van der Waals surface area contributed by atoms with Gasteiger partial charge in [-0.2, -0.15) is 0 Å². The van der Waals surface area contributed by atoms with Crippen molar-refractivity contribution in [3.05, 3.63) is 68.6 Å². The van der Waals surface area contributed by atoms with E-state index in [9.17, 15) is 0 Å². The molecular formula is C23H22Cl4N2O3. The van der Waals surface area contributed by atoms with Gasteiger partial charge in [-0.15, -0.1) is 5.10 Å². The van der Waals surface area contributed by atoms with Gasteiger partial charge in [-0.1, -0.05) is 76.7 Å². The highest BCUT2D eigenvalue weighted by Gasteiger charge is 2.15. The lowest BCUT2D eigenvalue weighted by molar-refractivity contribution is 0.240. The molecule has 1 heterocycles. The molecule has 0 fully saturated rings. The Balaban J connectivity index is 1.51. The highest BCUT2D eigenvalue weighted by atomic mass is 35.5. The second-order valence-corrected chi connectivity index (χ2v) is 8.66. The number of rotatable bonds is 10. The minimum atomic E-state index is 0.126. The molecule has 3 rings (SSSR count). The number of aryl methyl sites for hydroxylation is 1. The number of hydrogen-bond acceptors (Lipinski definition) is 4. The number of ether oxygens (including phenoxy) is 3. The molecule has 0 amide bonds. The van der Waals surface area contributed by atoms with Crippen LogP contribution in [0.5, 0.6) is 17.4 Å². The maximum atomic E-state index is 6.28. The fourth-order valence-corrected chi connectivity index (χ4v) is 3.80. The molecule has 0 atom stereocenters. The van der Waals surface area contributed by atoms with Gasteiger partial charge in [0.25, 0.3) is 0 Å². The van der Waals surface area contributed by atoms with Crippen LogP contribution < -0.4 is 14.2 Å². The maximum Gasteiger partial charge on any atom is 0.236 e. The quantitative estimate of drug-likeness (QED) is 0.267. The summed E-state index contributed by atoms with van der Waals surface area (Å²) in [6, 6.07) is 13.3. The lowest BCUT2D eigenvalue weighted by Crippen LogP contribution is -2.06. The molecule has 170 valence electrons. The lowest BCUT2D eigenvalue weighted by atomic mass is 10.1. The van der Waals surface area contributed by atoms with Crippen molar-refractivity contribution in [1.82, 2.24) is 9.78 Å². The standard InChI is InChI=1S/C23H22Cl4N2O3/c1-15-21(16-7-4-3-5-8-16)29(2)28-23(15)32-11-6-10-31-22-18(24)13-17(14-19(22)25)30-12-9-20(26)27/h3-5,7-9,13-14H,6,10-12H2,1-2H3. The van der Waals surface area contributed by atoms with Crippen molar-refractivity contribution in [3.8, 4) is 28.6 Å². The Morgan fingerprint density at radius 1 is 1.00 bits per heavy atom. The molecule has 32 heavy (non-hydrogen) atoms. The van der Waals surface area contributed by atoms with E-state index in [1.807, 2.05) is 36.9 Å². The summed E-state index contributed by atoms with van der Waals surface area (Å²) in [5, 5.41) is 5.19. The van der Waals surface area contributed by atoms with Crippen molar-refractivity contribution in [1.29, 1.82) is 0 Å². The number of halogens is 4. The largest absolute Gasteiger partial charge is 0.490 e. The summed E-state index contributed by atoms with van der Waals surface area (Å²) < 4.78 is 19.1. The molecule has 9 heteroatoms. The van der Waals surface area contributed by atoms with E-state index in [2.05, 4.69) is 17.2 Å². The fourth-order valence-electron chi connectivity index (χ4n) is 3.10. The van der Waals surface area contributed by atoms with E-state index in [0.29, 0.717) is 47.1 Å². The summed E-state index contributed by atoms with van der Waals surface area (Å²) in [5.74, 6) is 1.49. The molecule has 0 N–H and O–H groups in total. The SMILES string of the molecule is Cc1c(OCCCOc2c(Cl)cc(OCC=C(Cl)Cl)cc2Cl)nn(C)c1-c1ccccc1. The van der Waals surface area contributed by atoms with Gasteiger partial charge in [0.1, 0.15) is 16.8 Å². The zero-order valence-corrected chi connectivity index (χ0v) is 20.6. The summed E-state index contributed by atoms with van der Waals surface area (Å²) >= 11 is 23.7. The van der Waals surface area contributed by atoms with Gasteiger partial charge in [0.15, 0.2) is 5.75 Å². The second-order valence-electron chi connectivity index (χ2n) is 6.84. The van der Waals surface area contributed by atoms with Crippen LogP contribution in [-0.2, 0) is 7.05 Å². The van der Waals surface area contributed by atoms with Crippen LogP contribution in [0.15, 0.2) is 53.0 Å². The van der Waals surface area contributed by atoms with E-state index in [1.165, 1.54) is 6.08 Å². The zero-order chi connectivity index (χ0) is 23.1. The molecule has 0 spiro atoms. The van der Waals surface area contributed by atoms with Crippen LogP contribution in [0.25, 0.3) is 11.3 Å². The monoisotopic (exact) mass is 514 g/mol. The Kier molecular flexibility index (Phi) is 9.00. The molecule has 0 aliphatic heterocycles. The van der Waals surface area contributed by atoms with Crippen molar-refractivity contribution in [3.63, 3.8) is 0 Å². The summed E-state index contributed by atoms with van der Waals surface area (Å²) in [5.41, 5.74) is 3.12.